The minimum atomic E-state index is -0.637. The molecule has 0 radical (unpaired) electrons. The van der Waals surface area contributed by atoms with Gasteiger partial charge in [-0.1, -0.05) is 12.2 Å². The number of hydrogen-bond donors (Lipinski definition) is 0. The maximum Gasteiger partial charge on any atom is 0.330 e. The maximum absolute atomic E-state index is 11.9. The quantitative estimate of drug-likeness (QED) is 0.471. The van der Waals surface area contributed by atoms with Crippen LogP contribution in [0.1, 0.15) is 13.3 Å². The zero-order valence-corrected chi connectivity index (χ0v) is 8.75. The number of rotatable bonds is 1. The van der Waals surface area contributed by atoms with E-state index in [-0.39, 0.29) is 35.5 Å². The van der Waals surface area contributed by atoms with E-state index >= 15 is 0 Å². The summed E-state index contributed by atoms with van der Waals surface area (Å²) in [4.78, 5) is 39.3. The van der Waals surface area contributed by atoms with Crippen molar-refractivity contribution in [1.29, 1.82) is 0 Å². The Bertz CT molecular complexity index is 398. The van der Waals surface area contributed by atoms with E-state index in [1.54, 1.807) is 0 Å². The molecule has 2 fully saturated rings. The van der Waals surface area contributed by atoms with Gasteiger partial charge in [-0.2, -0.15) is 0 Å². The number of hydrogen-bond acceptors (Lipinski definition) is 4. The molecule has 16 heavy (non-hydrogen) atoms. The van der Waals surface area contributed by atoms with Gasteiger partial charge in [-0.25, -0.2) is 4.79 Å². The van der Waals surface area contributed by atoms with Gasteiger partial charge < -0.3 is 4.84 Å². The van der Waals surface area contributed by atoms with Crippen molar-refractivity contribution in [3.8, 4) is 0 Å². The summed E-state index contributed by atoms with van der Waals surface area (Å²) >= 11 is 0. The van der Waals surface area contributed by atoms with Crippen molar-refractivity contribution in [2.75, 3.05) is 0 Å². The minimum absolute atomic E-state index is 0.145. The minimum Gasteiger partial charge on any atom is -0.331 e. The first-order chi connectivity index (χ1) is 7.59. The van der Waals surface area contributed by atoms with Gasteiger partial charge in [0.05, 0.1) is 11.8 Å². The molecule has 5 heteroatoms. The zero-order valence-electron chi connectivity index (χ0n) is 8.75. The predicted octanol–water partition coefficient (Wildman–Crippen LogP) is 0.272. The van der Waals surface area contributed by atoms with Gasteiger partial charge in [0.1, 0.15) is 0 Å². The number of allylic oxidation sites excluding steroid dienone is 2. The first-order valence-electron chi connectivity index (χ1n) is 5.34. The Kier molecular flexibility index (Phi) is 1.75. The van der Waals surface area contributed by atoms with Crippen molar-refractivity contribution in [3.05, 3.63) is 12.2 Å². The molecule has 1 saturated carbocycles. The fourth-order valence-electron chi connectivity index (χ4n) is 3.09. The number of nitrogens with zero attached hydrogens (tertiary/aromatic N) is 1. The molecule has 1 heterocycles. The molecule has 3 aliphatic rings. The van der Waals surface area contributed by atoms with Crippen molar-refractivity contribution in [2.24, 2.45) is 23.7 Å². The van der Waals surface area contributed by atoms with Crippen LogP contribution in [0.15, 0.2) is 12.2 Å². The van der Waals surface area contributed by atoms with Crippen molar-refractivity contribution in [2.45, 2.75) is 13.3 Å². The molecule has 0 aromatic carbocycles. The highest BCUT2D eigenvalue weighted by Crippen LogP contribution is 2.52. The molecule has 0 aromatic rings. The van der Waals surface area contributed by atoms with Crippen molar-refractivity contribution < 1.29 is 19.2 Å². The molecule has 0 spiro atoms. The second kappa shape index (κ2) is 2.93. The van der Waals surface area contributed by atoms with Gasteiger partial charge in [0, 0.05) is 6.92 Å². The van der Waals surface area contributed by atoms with E-state index in [1.807, 2.05) is 12.2 Å². The van der Waals surface area contributed by atoms with Crippen LogP contribution >= 0.6 is 0 Å². The average molecular weight is 221 g/mol. The Labute approximate surface area is 92.0 Å². The molecule has 2 aliphatic carbocycles. The van der Waals surface area contributed by atoms with Gasteiger partial charge in [0.2, 0.25) is 0 Å². The summed E-state index contributed by atoms with van der Waals surface area (Å²) in [5, 5.41) is 0.657. The van der Waals surface area contributed by atoms with Crippen LogP contribution in [0.2, 0.25) is 0 Å². The SMILES string of the molecule is CC(=O)ON1C(=O)C2C(C1=O)[C@H]1C=C[C@@H]2C1. The maximum atomic E-state index is 11.9. The van der Waals surface area contributed by atoms with E-state index in [0.29, 0.717) is 5.06 Å². The van der Waals surface area contributed by atoms with Crippen LogP contribution in [0.5, 0.6) is 0 Å². The van der Waals surface area contributed by atoms with E-state index in [2.05, 4.69) is 4.84 Å². The second-order valence-electron chi connectivity index (χ2n) is 4.55. The van der Waals surface area contributed by atoms with Gasteiger partial charge in [-0.05, 0) is 18.3 Å². The lowest BCUT2D eigenvalue weighted by Crippen LogP contribution is -2.34. The molecule has 3 rings (SSSR count). The number of fused-ring (bicyclic) bond motifs is 5. The molecule has 0 N–H and O–H groups in total. The molecule has 4 atom stereocenters. The van der Waals surface area contributed by atoms with Gasteiger partial charge in [-0.15, -0.1) is 5.06 Å². The monoisotopic (exact) mass is 221 g/mol. The molecule has 2 amide bonds. The van der Waals surface area contributed by atoms with Crippen LogP contribution in [0.4, 0.5) is 0 Å². The van der Waals surface area contributed by atoms with Gasteiger partial charge in [0.25, 0.3) is 11.8 Å². The lowest BCUT2D eigenvalue weighted by Gasteiger charge is -2.14. The van der Waals surface area contributed by atoms with E-state index in [9.17, 15) is 14.4 Å². The summed E-state index contributed by atoms with van der Waals surface area (Å²) in [5.41, 5.74) is 0. The topological polar surface area (TPSA) is 63.7 Å². The second-order valence-corrected chi connectivity index (χ2v) is 4.55. The highest BCUT2D eigenvalue weighted by atomic mass is 16.7. The molecule has 5 nitrogen and oxygen atoms in total. The van der Waals surface area contributed by atoms with Crippen LogP contribution in [0.3, 0.4) is 0 Å². The van der Waals surface area contributed by atoms with Crippen molar-refractivity contribution in [1.82, 2.24) is 5.06 Å². The summed E-state index contributed by atoms with van der Waals surface area (Å²) in [6, 6.07) is 0. The normalized spacial score (nSPS) is 39.4. The highest BCUT2D eigenvalue weighted by molar-refractivity contribution is 6.06. The van der Waals surface area contributed by atoms with Crippen LogP contribution in [-0.2, 0) is 19.2 Å². The number of carbonyl (C=O) groups excluding carboxylic acids is 3. The molecule has 1 aliphatic heterocycles. The summed E-state index contributed by atoms with van der Waals surface area (Å²) in [6.07, 6.45) is 4.86. The Hall–Kier alpha value is -1.65. The molecule has 2 unspecified atom stereocenters. The largest absolute Gasteiger partial charge is 0.331 e. The first-order valence-corrected chi connectivity index (χ1v) is 5.34. The number of amides is 2. The molecule has 1 saturated heterocycles. The Morgan fingerprint density at radius 3 is 2.19 bits per heavy atom. The zero-order chi connectivity index (χ0) is 11.4. The summed E-state index contributed by atoms with van der Waals surface area (Å²) in [7, 11) is 0. The van der Waals surface area contributed by atoms with E-state index in [4.69, 9.17) is 0 Å². The Morgan fingerprint density at radius 1 is 1.25 bits per heavy atom. The third kappa shape index (κ3) is 1.03. The predicted molar refractivity (Wildman–Crippen MR) is 51.3 cm³/mol. The fraction of sp³-hybridized carbons (Fsp3) is 0.545. The van der Waals surface area contributed by atoms with Crippen molar-refractivity contribution in [3.63, 3.8) is 0 Å². The lowest BCUT2D eigenvalue weighted by atomic mass is 9.85. The van der Waals surface area contributed by atoms with Crippen LogP contribution in [-0.4, -0.2) is 22.8 Å². The van der Waals surface area contributed by atoms with Crippen LogP contribution < -0.4 is 0 Å². The lowest BCUT2D eigenvalue weighted by molar-refractivity contribution is -0.197. The Morgan fingerprint density at radius 2 is 1.75 bits per heavy atom. The third-order valence-electron chi connectivity index (χ3n) is 3.65. The standard InChI is InChI=1S/C11H11NO4/c1-5(13)16-12-10(14)8-6-2-3-7(4-6)9(8)11(12)15/h2-3,6-9H,4H2,1H3/t6-,7+,8?,9?. The smallest absolute Gasteiger partial charge is 0.330 e. The van der Waals surface area contributed by atoms with E-state index in [1.165, 1.54) is 6.92 Å². The first kappa shape index (κ1) is 9.57. The summed E-state index contributed by atoms with van der Waals surface area (Å²) in [6.45, 7) is 1.18. The third-order valence-corrected chi connectivity index (χ3v) is 3.65. The number of hydroxylamine groups is 2. The van der Waals surface area contributed by atoms with E-state index < -0.39 is 5.97 Å². The molecule has 0 aromatic heterocycles. The number of carbonyl (C=O) groups is 3. The molecular weight excluding hydrogens is 210 g/mol. The fourth-order valence-corrected chi connectivity index (χ4v) is 3.09. The highest BCUT2D eigenvalue weighted by Gasteiger charge is 2.60. The van der Waals surface area contributed by atoms with Gasteiger partial charge in [0.15, 0.2) is 0 Å². The van der Waals surface area contributed by atoms with Gasteiger partial charge >= 0.3 is 5.97 Å². The Balaban J connectivity index is 1.91. The summed E-state index contributed by atoms with van der Waals surface area (Å²) in [5.74, 6) is -1.67. The molecule has 2 bridgehead atoms. The number of imide groups is 1. The van der Waals surface area contributed by atoms with Crippen LogP contribution in [0.25, 0.3) is 0 Å². The van der Waals surface area contributed by atoms with Gasteiger partial charge in [-0.3, -0.25) is 9.59 Å². The summed E-state index contributed by atoms with van der Waals surface area (Å²) < 4.78 is 0. The molecular formula is C11H11NO4. The van der Waals surface area contributed by atoms with Crippen molar-refractivity contribution >= 4 is 17.8 Å². The van der Waals surface area contributed by atoms with E-state index in [0.717, 1.165) is 6.42 Å². The average Bonchev–Trinajstić information content (AvgIpc) is 2.87. The van der Waals surface area contributed by atoms with Crippen LogP contribution in [0, 0.1) is 23.7 Å². The molecule has 84 valence electrons.